The number of amides is 1. The maximum Gasteiger partial charge on any atom is 0.243 e. The fraction of sp³-hybridized carbons (Fsp3) is 0.350. The van der Waals surface area contributed by atoms with E-state index < -0.39 is 10.0 Å². The van der Waals surface area contributed by atoms with Crippen molar-refractivity contribution < 1.29 is 22.7 Å². The number of methoxy groups -OCH3 is 2. The smallest absolute Gasteiger partial charge is 0.243 e. The molecule has 0 radical (unpaired) electrons. The Morgan fingerprint density at radius 3 is 2.29 bits per heavy atom. The molecule has 0 aliphatic carbocycles. The molecule has 0 spiro atoms. The zero-order valence-corrected chi connectivity index (χ0v) is 17.6. The Hall–Kier alpha value is -2.74. The average Bonchev–Trinajstić information content (AvgIpc) is 2.65. The monoisotopic (exact) mass is 406 g/mol. The van der Waals surface area contributed by atoms with Crippen molar-refractivity contribution in [3.63, 3.8) is 0 Å². The second-order valence-corrected chi connectivity index (χ2v) is 8.41. The molecule has 0 saturated heterocycles. The van der Waals surface area contributed by atoms with Gasteiger partial charge in [-0.15, -0.1) is 0 Å². The van der Waals surface area contributed by atoms with Gasteiger partial charge in [0.15, 0.2) is 0 Å². The number of aryl methyl sites for hydroxylation is 1. The van der Waals surface area contributed by atoms with Crippen LogP contribution in [0.1, 0.15) is 11.1 Å². The molecule has 7 nitrogen and oxygen atoms in total. The molecule has 2 aromatic rings. The van der Waals surface area contributed by atoms with Crippen molar-refractivity contribution in [1.82, 2.24) is 4.90 Å². The number of likely N-dealkylation sites (N-methyl/N-ethyl adjacent to an activating group) is 1. The van der Waals surface area contributed by atoms with E-state index in [1.165, 1.54) is 12.0 Å². The Morgan fingerprint density at radius 2 is 1.68 bits per heavy atom. The Morgan fingerprint density at radius 1 is 1.04 bits per heavy atom. The number of hydrogen-bond donors (Lipinski definition) is 0. The van der Waals surface area contributed by atoms with Crippen LogP contribution >= 0.6 is 0 Å². The third-order valence-corrected chi connectivity index (χ3v) is 5.43. The van der Waals surface area contributed by atoms with Gasteiger partial charge in [0.1, 0.15) is 18.0 Å². The predicted molar refractivity (Wildman–Crippen MR) is 109 cm³/mol. The molecular formula is C20H26N2O5S. The van der Waals surface area contributed by atoms with Gasteiger partial charge in [-0.2, -0.15) is 0 Å². The summed E-state index contributed by atoms with van der Waals surface area (Å²) in [5.74, 6) is 0.707. The highest BCUT2D eigenvalue weighted by molar-refractivity contribution is 7.92. The van der Waals surface area contributed by atoms with E-state index in [0.29, 0.717) is 23.7 Å². The Kier molecular flexibility index (Phi) is 6.90. The summed E-state index contributed by atoms with van der Waals surface area (Å²) in [6, 6.07) is 12.6. The van der Waals surface area contributed by atoms with Gasteiger partial charge in [-0.3, -0.25) is 9.10 Å². The lowest BCUT2D eigenvalue weighted by atomic mass is 10.2. The number of nitrogens with zero attached hydrogens (tertiary/aromatic N) is 2. The molecule has 0 N–H and O–H groups in total. The van der Waals surface area contributed by atoms with Crippen LogP contribution in [0.5, 0.6) is 11.5 Å². The normalized spacial score (nSPS) is 11.0. The van der Waals surface area contributed by atoms with Gasteiger partial charge in [-0.05, 0) is 30.7 Å². The second-order valence-electron chi connectivity index (χ2n) is 6.51. The summed E-state index contributed by atoms with van der Waals surface area (Å²) in [5.41, 5.74) is 2.03. The average molecular weight is 407 g/mol. The molecule has 28 heavy (non-hydrogen) atoms. The number of rotatable bonds is 8. The largest absolute Gasteiger partial charge is 0.496 e. The van der Waals surface area contributed by atoms with E-state index in [0.717, 1.165) is 21.7 Å². The number of carbonyl (C=O) groups is 1. The van der Waals surface area contributed by atoms with Gasteiger partial charge >= 0.3 is 0 Å². The van der Waals surface area contributed by atoms with Gasteiger partial charge in [-0.1, -0.05) is 24.3 Å². The van der Waals surface area contributed by atoms with Gasteiger partial charge in [0.25, 0.3) is 0 Å². The molecule has 0 aliphatic heterocycles. The molecule has 0 saturated carbocycles. The zero-order valence-electron chi connectivity index (χ0n) is 16.8. The van der Waals surface area contributed by atoms with Crippen molar-refractivity contribution >= 4 is 21.6 Å². The van der Waals surface area contributed by atoms with Crippen LogP contribution in [0.15, 0.2) is 42.5 Å². The van der Waals surface area contributed by atoms with Crippen LogP contribution in [-0.2, 0) is 21.4 Å². The summed E-state index contributed by atoms with van der Waals surface area (Å²) in [4.78, 5) is 14.3. The van der Waals surface area contributed by atoms with Crippen molar-refractivity contribution in [1.29, 1.82) is 0 Å². The van der Waals surface area contributed by atoms with Gasteiger partial charge < -0.3 is 14.4 Å². The van der Waals surface area contributed by atoms with E-state index in [4.69, 9.17) is 9.47 Å². The highest BCUT2D eigenvalue weighted by Gasteiger charge is 2.26. The quantitative estimate of drug-likeness (QED) is 0.673. The third-order valence-electron chi connectivity index (χ3n) is 4.31. The molecule has 0 aliphatic rings. The third kappa shape index (κ3) is 5.16. The Labute approximate surface area is 166 Å². The van der Waals surface area contributed by atoms with Gasteiger partial charge in [-0.25, -0.2) is 8.42 Å². The summed E-state index contributed by atoms with van der Waals surface area (Å²) in [6.45, 7) is 1.81. The maximum atomic E-state index is 12.8. The van der Waals surface area contributed by atoms with Crippen LogP contribution in [0.2, 0.25) is 0 Å². The molecule has 2 rings (SSSR count). The lowest BCUT2D eigenvalue weighted by Gasteiger charge is -2.27. The summed E-state index contributed by atoms with van der Waals surface area (Å²) in [6.07, 6.45) is 1.07. The van der Waals surface area contributed by atoms with Crippen LogP contribution in [0.4, 0.5) is 5.69 Å². The Bertz CT molecular complexity index is 943. The van der Waals surface area contributed by atoms with Gasteiger partial charge in [0.05, 0.1) is 26.2 Å². The van der Waals surface area contributed by atoms with E-state index >= 15 is 0 Å². The minimum atomic E-state index is -3.70. The number of sulfonamides is 1. The number of anilines is 1. The van der Waals surface area contributed by atoms with E-state index in [-0.39, 0.29) is 12.5 Å². The molecular weight excluding hydrogens is 380 g/mol. The molecule has 0 heterocycles. The number of carbonyl (C=O) groups excluding carboxylic acids is 1. The van der Waals surface area contributed by atoms with Gasteiger partial charge in [0.2, 0.25) is 15.9 Å². The first-order valence-corrected chi connectivity index (χ1v) is 10.5. The summed E-state index contributed by atoms with van der Waals surface area (Å²) in [5, 5.41) is 0. The molecule has 0 aromatic heterocycles. The first kappa shape index (κ1) is 21.6. The van der Waals surface area contributed by atoms with Crippen molar-refractivity contribution in [2.75, 3.05) is 38.4 Å². The van der Waals surface area contributed by atoms with E-state index in [9.17, 15) is 13.2 Å². The zero-order chi connectivity index (χ0) is 20.9. The van der Waals surface area contributed by atoms with Crippen molar-refractivity contribution in [3.8, 4) is 11.5 Å². The molecule has 2 aromatic carbocycles. The highest BCUT2D eigenvalue weighted by Crippen LogP contribution is 2.31. The molecule has 1 amide bonds. The van der Waals surface area contributed by atoms with Crippen LogP contribution in [0.3, 0.4) is 0 Å². The summed E-state index contributed by atoms with van der Waals surface area (Å²) >= 11 is 0. The predicted octanol–water partition coefficient (Wildman–Crippen LogP) is 2.44. The fourth-order valence-electron chi connectivity index (χ4n) is 2.80. The first-order valence-electron chi connectivity index (χ1n) is 8.65. The molecule has 0 unspecified atom stereocenters. The topological polar surface area (TPSA) is 76.2 Å². The lowest BCUT2D eigenvalue weighted by Crippen LogP contribution is -2.41. The standard InChI is InChI=1S/C20H26N2O5S/c1-15-10-11-19(27-4)17(12-15)22(28(5,24)25)14-20(23)21(2)13-16-8-6-7-9-18(16)26-3/h6-12H,13-14H2,1-5H3. The maximum absolute atomic E-state index is 12.8. The second kappa shape index (κ2) is 8.97. The summed E-state index contributed by atoms with van der Waals surface area (Å²) in [7, 11) is 0.955. The first-order chi connectivity index (χ1) is 13.2. The minimum Gasteiger partial charge on any atom is -0.496 e. The summed E-state index contributed by atoms with van der Waals surface area (Å²) < 4.78 is 36.5. The highest BCUT2D eigenvalue weighted by atomic mass is 32.2. The molecule has 0 fully saturated rings. The number of para-hydroxylation sites is 1. The van der Waals surface area contributed by atoms with E-state index in [2.05, 4.69) is 0 Å². The number of hydrogen-bond acceptors (Lipinski definition) is 5. The van der Waals surface area contributed by atoms with Crippen molar-refractivity contribution in [2.45, 2.75) is 13.5 Å². The SMILES string of the molecule is COc1ccccc1CN(C)C(=O)CN(c1cc(C)ccc1OC)S(C)(=O)=O. The molecule has 8 heteroatoms. The minimum absolute atomic E-state index is 0.297. The lowest BCUT2D eigenvalue weighted by molar-refractivity contribution is -0.128. The number of benzene rings is 2. The van der Waals surface area contributed by atoms with Crippen LogP contribution < -0.4 is 13.8 Å². The van der Waals surface area contributed by atoms with Crippen LogP contribution in [0, 0.1) is 6.92 Å². The van der Waals surface area contributed by atoms with E-state index in [1.54, 1.807) is 26.3 Å². The van der Waals surface area contributed by atoms with Crippen molar-refractivity contribution in [2.24, 2.45) is 0 Å². The van der Waals surface area contributed by atoms with Crippen LogP contribution in [-0.4, -0.2) is 53.3 Å². The fourth-order valence-corrected chi connectivity index (χ4v) is 3.64. The van der Waals surface area contributed by atoms with Crippen LogP contribution in [0.25, 0.3) is 0 Å². The van der Waals surface area contributed by atoms with Crippen molar-refractivity contribution in [3.05, 3.63) is 53.6 Å². The van der Waals surface area contributed by atoms with Gasteiger partial charge in [0, 0.05) is 19.2 Å². The van der Waals surface area contributed by atoms with E-state index in [1.807, 2.05) is 37.3 Å². The molecule has 0 atom stereocenters. The molecule has 152 valence electrons. The molecule has 0 bridgehead atoms. The number of ether oxygens (including phenoxy) is 2. The Balaban J connectivity index is 2.28.